The van der Waals surface area contributed by atoms with Crippen molar-refractivity contribution >= 4 is 12.0 Å². The topological polar surface area (TPSA) is 48.3 Å². The molecule has 0 saturated carbocycles. The molecule has 0 radical (unpaired) electrons. The first-order chi connectivity index (χ1) is 11.3. The maximum atomic E-state index is 12.7. The van der Waals surface area contributed by atoms with Crippen LogP contribution < -0.4 is 5.56 Å². The van der Waals surface area contributed by atoms with Crippen LogP contribution in [-0.4, -0.2) is 17.6 Å². The number of hydrogen-bond acceptors (Lipinski definition) is 3. The molecule has 2 aromatic rings. The number of alkyl halides is 3. The predicted molar refractivity (Wildman–Crippen MR) is 82.3 cm³/mol. The number of hydrogen-bond donors (Lipinski definition) is 0. The second-order valence-electron chi connectivity index (χ2n) is 4.95. The molecule has 1 heterocycles. The van der Waals surface area contributed by atoms with Gasteiger partial charge in [0.2, 0.25) is 0 Å². The van der Waals surface area contributed by atoms with Crippen molar-refractivity contribution in [2.75, 3.05) is 7.11 Å². The van der Waals surface area contributed by atoms with Crippen molar-refractivity contribution in [1.29, 1.82) is 0 Å². The van der Waals surface area contributed by atoms with Crippen molar-refractivity contribution in [1.82, 2.24) is 4.57 Å². The molecule has 0 atom stereocenters. The van der Waals surface area contributed by atoms with E-state index in [4.69, 9.17) is 0 Å². The monoisotopic (exact) mass is 337 g/mol. The Balaban J connectivity index is 2.30. The summed E-state index contributed by atoms with van der Waals surface area (Å²) < 4.78 is 43.9. The number of esters is 1. The maximum absolute atomic E-state index is 12.7. The van der Waals surface area contributed by atoms with Crippen LogP contribution in [0.5, 0.6) is 0 Å². The molecule has 1 aromatic carbocycles. The number of rotatable bonds is 4. The quantitative estimate of drug-likeness (QED) is 0.636. The molecule has 0 spiro atoms. The van der Waals surface area contributed by atoms with Gasteiger partial charge in [0.05, 0.1) is 19.2 Å². The van der Waals surface area contributed by atoms with E-state index in [0.717, 1.165) is 18.2 Å². The highest BCUT2D eigenvalue weighted by Gasteiger charge is 2.30. The second-order valence-corrected chi connectivity index (χ2v) is 4.95. The third-order valence-electron chi connectivity index (χ3n) is 3.26. The summed E-state index contributed by atoms with van der Waals surface area (Å²) in [4.78, 5) is 23.4. The number of aromatic nitrogens is 1. The van der Waals surface area contributed by atoms with Crippen LogP contribution in [0.15, 0.2) is 53.5 Å². The molecule has 4 nitrogen and oxygen atoms in total. The van der Waals surface area contributed by atoms with E-state index in [1.165, 1.54) is 42.1 Å². The number of methoxy groups -OCH3 is 1. The Morgan fingerprint density at radius 2 is 2.00 bits per heavy atom. The van der Waals surface area contributed by atoms with E-state index in [2.05, 4.69) is 4.74 Å². The molecule has 7 heteroatoms. The van der Waals surface area contributed by atoms with Crippen LogP contribution in [0.1, 0.15) is 16.7 Å². The molecular weight excluding hydrogens is 323 g/mol. The summed E-state index contributed by atoms with van der Waals surface area (Å²) in [5, 5.41) is 0. The first kappa shape index (κ1) is 17.5. The molecule has 0 bridgehead atoms. The van der Waals surface area contributed by atoms with E-state index in [1.54, 1.807) is 6.07 Å². The minimum atomic E-state index is -4.44. The van der Waals surface area contributed by atoms with Crippen LogP contribution >= 0.6 is 0 Å². The predicted octanol–water partition coefficient (Wildman–Crippen LogP) is 3.10. The van der Waals surface area contributed by atoms with Gasteiger partial charge in [-0.25, -0.2) is 4.79 Å². The zero-order valence-corrected chi connectivity index (χ0v) is 12.7. The zero-order chi connectivity index (χ0) is 17.7. The van der Waals surface area contributed by atoms with E-state index in [1.807, 2.05) is 0 Å². The van der Waals surface area contributed by atoms with Crippen LogP contribution in [0.4, 0.5) is 13.2 Å². The fourth-order valence-electron chi connectivity index (χ4n) is 2.08. The number of halogens is 3. The lowest BCUT2D eigenvalue weighted by Crippen LogP contribution is -2.22. The fourth-order valence-corrected chi connectivity index (χ4v) is 2.08. The van der Waals surface area contributed by atoms with Crippen LogP contribution in [0.2, 0.25) is 0 Å². The summed E-state index contributed by atoms with van der Waals surface area (Å²) in [6.45, 7) is -0.0113. The van der Waals surface area contributed by atoms with E-state index in [9.17, 15) is 22.8 Å². The molecule has 126 valence electrons. The van der Waals surface area contributed by atoms with Gasteiger partial charge in [0, 0.05) is 17.8 Å². The lowest BCUT2D eigenvalue weighted by atomic mass is 10.1. The van der Waals surface area contributed by atoms with Gasteiger partial charge >= 0.3 is 12.1 Å². The Labute approximate surface area is 135 Å². The van der Waals surface area contributed by atoms with Crippen molar-refractivity contribution in [2.24, 2.45) is 0 Å². The molecule has 0 amide bonds. The fraction of sp³-hybridized carbons (Fsp3) is 0.176. The van der Waals surface area contributed by atoms with Crippen LogP contribution in [0.3, 0.4) is 0 Å². The summed E-state index contributed by atoms with van der Waals surface area (Å²) in [6, 6.07) is 7.87. The number of pyridine rings is 1. The average molecular weight is 337 g/mol. The van der Waals surface area contributed by atoms with Crippen LogP contribution in [0, 0.1) is 0 Å². The molecular formula is C17H14F3NO3. The second kappa shape index (κ2) is 7.16. The van der Waals surface area contributed by atoms with Gasteiger partial charge in [0.25, 0.3) is 5.56 Å². The lowest BCUT2D eigenvalue weighted by Gasteiger charge is -2.10. The van der Waals surface area contributed by atoms with Gasteiger partial charge in [-0.2, -0.15) is 13.2 Å². The van der Waals surface area contributed by atoms with Gasteiger partial charge in [-0.05, 0) is 35.9 Å². The van der Waals surface area contributed by atoms with Crippen molar-refractivity contribution in [3.8, 4) is 0 Å². The Morgan fingerprint density at radius 1 is 1.25 bits per heavy atom. The average Bonchev–Trinajstić information content (AvgIpc) is 2.55. The van der Waals surface area contributed by atoms with Gasteiger partial charge in [-0.1, -0.05) is 12.1 Å². The van der Waals surface area contributed by atoms with Crippen molar-refractivity contribution < 1.29 is 22.7 Å². The molecule has 0 aliphatic carbocycles. The molecule has 0 unspecified atom stereocenters. The van der Waals surface area contributed by atoms with Gasteiger partial charge in [0.15, 0.2) is 0 Å². The first-order valence-corrected chi connectivity index (χ1v) is 6.93. The molecule has 0 aliphatic heterocycles. The molecule has 0 N–H and O–H groups in total. The Morgan fingerprint density at radius 3 is 2.67 bits per heavy atom. The molecule has 0 saturated heterocycles. The molecule has 2 rings (SSSR count). The van der Waals surface area contributed by atoms with Gasteiger partial charge in [-0.15, -0.1) is 0 Å². The number of nitrogens with zero attached hydrogens (tertiary/aromatic N) is 1. The maximum Gasteiger partial charge on any atom is 0.416 e. The Bertz CT molecular complexity index is 822. The summed E-state index contributed by atoms with van der Waals surface area (Å²) >= 11 is 0. The minimum absolute atomic E-state index is 0.0113. The van der Waals surface area contributed by atoms with E-state index in [0.29, 0.717) is 5.56 Å². The van der Waals surface area contributed by atoms with Crippen molar-refractivity contribution in [3.63, 3.8) is 0 Å². The highest BCUT2D eigenvalue weighted by atomic mass is 19.4. The summed E-state index contributed by atoms with van der Waals surface area (Å²) in [6.07, 6.45) is -0.563. The third kappa shape index (κ3) is 4.34. The van der Waals surface area contributed by atoms with E-state index < -0.39 is 23.3 Å². The number of benzene rings is 1. The first-order valence-electron chi connectivity index (χ1n) is 6.93. The molecule has 1 aromatic heterocycles. The molecule has 24 heavy (non-hydrogen) atoms. The largest absolute Gasteiger partial charge is 0.466 e. The lowest BCUT2D eigenvalue weighted by molar-refractivity contribution is -0.137. The van der Waals surface area contributed by atoms with Crippen molar-refractivity contribution in [3.05, 3.63) is 75.7 Å². The standard InChI is InChI=1S/C17H14F3NO3/c1-24-15(22)8-7-13-5-3-9-21(16(13)23)11-12-4-2-6-14(10-12)17(18,19)20/h2-10H,11H2,1H3/b8-7+. The normalized spacial score (nSPS) is 11.7. The SMILES string of the molecule is COC(=O)/C=C/c1cccn(Cc2cccc(C(F)(F)F)c2)c1=O. The zero-order valence-electron chi connectivity index (χ0n) is 12.7. The minimum Gasteiger partial charge on any atom is -0.466 e. The molecule has 0 aliphatic rings. The highest BCUT2D eigenvalue weighted by molar-refractivity contribution is 5.86. The van der Waals surface area contributed by atoms with Crippen LogP contribution in [0.25, 0.3) is 6.08 Å². The Hall–Kier alpha value is -2.83. The van der Waals surface area contributed by atoms with E-state index in [-0.39, 0.29) is 12.1 Å². The van der Waals surface area contributed by atoms with Crippen molar-refractivity contribution in [2.45, 2.75) is 12.7 Å². The van der Waals surface area contributed by atoms with Gasteiger partial charge < -0.3 is 9.30 Å². The third-order valence-corrected chi connectivity index (χ3v) is 3.26. The Kier molecular flexibility index (Phi) is 5.23. The van der Waals surface area contributed by atoms with E-state index >= 15 is 0 Å². The van der Waals surface area contributed by atoms with Crippen LogP contribution in [-0.2, 0) is 22.3 Å². The van der Waals surface area contributed by atoms with Gasteiger partial charge in [-0.3, -0.25) is 4.79 Å². The summed E-state index contributed by atoms with van der Waals surface area (Å²) in [7, 11) is 1.21. The summed E-state index contributed by atoms with van der Waals surface area (Å²) in [5.41, 5.74) is -0.610. The number of carbonyl (C=O) groups excluding carboxylic acids is 1. The number of ether oxygens (including phenoxy) is 1. The number of carbonyl (C=O) groups is 1. The summed E-state index contributed by atoms with van der Waals surface area (Å²) in [5.74, 6) is -0.609. The highest BCUT2D eigenvalue weighted by Crippen LogP contribution is 2.29. The smallest absolute Gasteiger partial charge is 0.416 e. The van der Waals surface area contributed by atoms with Gasteiger partial charge in [0.1, 0.15) is 0 Å². The molecule has 0 fully saturated rings.